The van der Waals surface area contributed by atoms with E-state index in [0.717, 1.165) is 25.3 Å². The van der Waals surface area contributed by atoms with Crippen molar-refractivity contribution in [3.63, 3.8) is 0 Å². The molecular formula is C11H24ClNO2. The molecule has 0 aromatic carbocycles. The summed E-state index contributed by atoms with van der Waals surface area (Å²) in [6.07, 6.45) is 5.88. The van der Waals surface area contributed by atoms with E-state index in [-0.39, 0.29) is 6.54 Å². The van der Waals surface area contributed by atoms with Gasteiger partial charge in [0.15, 0.2) is 0 Å². The van der Waals surface area contributed by atoms with Crippen molar-refractivity contribution < 1.29 is 9.90 Å². The number of carboxylic acid groups (broad SMARTS) is 1. The largest absolute Gasteiger partial charge is 0.480 e. The third-order valence-corrected chi connectivity index (χ3v) is 1.99. The smallest absolute Gasteiger partial charge is 0.317 e. The van der Waals surface area contributed by atoms with E-state index in [1.54, 1.807) is 0 Å². The molecule has 0 bridgehead atoms. The third-order valence-electron chi connectivity index (χ3n) is 1.72. The van der Waals surface area contributed by atoms with Crippen molar-refractivity contribution in [1.29, 1.82) is 0 Å². The maximum atomic E-state index is 9.90. The molecule has 0 amide bonds. The Bertz CT molecular complexity index is 128. The summed E-state index contributed by atoms with van der Waals surface area (Å²) in [5, 5.41) is 10.9. The number of carboxylic acids is 1. The van der Waals surface area contributed by atoms with Crippen LogP contribution in [0.3, 0.4) is 0 Å². The number of nitrogens with one attached hydrogen (secondary N) is 1. The molecule has 0 saturated carbocycles. The lowest BCUT2D eigenvalue weighted by atomic mass is 10.3. The molecule has 0 atom stereocenters. The average Bonchev–Trinajstić information content (AvgIpc) is 2.22. The highest BCUT2D eigenvalue weighted by atomic mass is 35.5. The lowest BCUT2D eigenvalue weighted by Gasteiger charge is -1.96. The Morgan fingerprint density at radius 1 is 1.20 bits per heavy atom. The molecule has 0 heterocycles. The lowest BCUT2D eigenvalue weighted by Crippen LogP contribution is -2.23. The van der Waals surface area contributed by atoms with Crippen LogP contribution in [0.1, 0.15) is 46.0 Å². The summed E-state index contributed by atoms with van der Waals surface area (Å²) in [5.41, 5.74) is 0. The second kappa shape index (κ2) is 16.2. The fraction of sp³-hybridized carbons (Fsp3) is 0.909. The number of aliphatic carboxylic acids is 1. The van der Waals surface area contributed by atoms with Crippen molar-refractivity contribution in [2.45, 2.75) is 46.0 Å². The molecule has 0 rings (SSSR count). The van der Waals surface area contributed by atoms with E-state index in [9.17, 15) is 4.79 Å². The van der Waals surface area contributed by atoms with Gasteiger partial charge >= 0.3 is 5.97 Å². The van der Waals surface area contributed by atoms with Gasteiger partial charge in [0.1, 0.15) is 0 Å². The molecule has 0 unspecified atom stereocenters. The summed E-state index contributed by atoms with van der Waals surface area (Å²) in [7, 11) is 0. The Hall–Kier alpha value is -0.280. The van der Waals surface area contributed by atoms with Crippen LogP contribution in [0.5, 0.6) is 0 Å². The van der Waals surface area contributed by atoms with Gasteiger partial charge in [0.25, 0.3) is 0 Å². The molecule has 0 aliphatic rings. The van der Waals surface area contributed by atoms with Gasteiger partial charge in [-0.05, 0) is 19.4 Å². The maximum Gasteiger partial charge on any atom is 0.317 e. The number of hydrogen-bond acceptors (Lipinski definition) is 2. The molecule has 0 aromatic rings. The van der Waals surface area contributed by atoms with Crippen molar-refractivity contribution in [2.24, 2.45) is 0 Å². The van der Waals surface area contributed by atoms with Crippen LogP contribution in [0, 0.1) is 0 Å². The molecule has 15 heavy (non-hydrogen) atoms. The van der Waals surface area contributed by atoms with Crippen LogP contribution in [-0.4, -0.2) is 30.0 Å². The predicted octanol–water partition coefficient (Wildman–Crippen LogP) is 2.88. The van der Waals surface area contributed by atoms with Gasteiger partial charge in [0, 0.05) is 5.88 Å². The summed E-state index contributed by atoms with van der Waals surface area (Å²) in [4.78, 5) is 9.90. The molecule has 0 aliphatic heterocycles. The molecule has 0 spiro atoms. The zero-order valence-corrected chi connectivity index (χ0v) is 10.6. The van der Waals surface area contributed by atoms with Crippen molar-refractivity contribution >= 4 is 17.6 Å². The zero-order valence-electron chi connectivity index (χ0n) is 9.89. The van der Waals surface area contributed by atoms with Crippen molar-refractivity contribution in [3.8, 4) is 0 Å². The molecular weight excluding hydrogens is 214 g/mol. The van der Waals surface area contributed by atoms with E-state index in [0.29, 0.717) is 0 Å². The Morgan fingerprint density at radius 3 is 2.13 bits per heavy atom. The summed E-state index contributed by atoms with van der Waals surface area (Å²) in [6, 6.07) is 0. The number of alkyl halides is 1. The van der Waals surface area contributed by atoms with Crippen molar-refractivity contribution in [3.05, 3.63) is 0 Å². The number of rotatable bonds is 8. The third kappa shape index (κ3) is 24.8. The Morgan fingerprint density at radius 2 is 1.80 bits per heavy atom. The molecule has 0 radical (unpaired) electrons. The highest BCUT2D eigenvalue weighted by Crippen LogP contribution is 1.93. The molecule has 2 N–H and O–H groups in total. The van der Waals surface area contributed by atoms with E-state index < -0.39 is 5.97 Å². The second-order valence-electron chi connectivity index (χ2n) is 3.32. The quantitative estimate of drug-likeness (QED) is 0.504. The molecule has 92 valence electrons. The molecule has 3 nitrogen and oxygen atoms in total. The van der Waals surface area contributed by atoms with Gasteiger partial charge in [-0.25, -0.2) is 0 Å². The molecule has 0 saturated heterocycles. The van der Waals surface area contributed by atoms with Gasteiger partial charge in [-0.1, -0.05) is 33.1 Å². The molecule has 0 aliphatic carbocycles. The van der Waals surface area contributed by atoms with Gasteiger partial charge in [-0.15, -0.1) is 11.6 Å². The molecule has 0 aromatic heterocycles. The minimum Gasteiger partial charge on any atom is -0.480 e. The lowest BCUT2D eigenvalue weighted by molar-refractivity contribution is -0.135. The van der Waals surface area contributed by atoms with Crippen LogP contribution in [-0.2, 0) is 4.79 Å². The van der Waals surface area contributed by atoms with Crippen LogP contribution >= 0.6 is 11.6 Å². The average molecular weight is 238 g/mol. The number of carbonyl (C=O) groups is 1. The fourth-order valence-corrected chi connectivity index (χ4v) is 1.03. The first kappa shape index (κ1) is 17.1. The van der Waals surface area contributed by atoms with Crippen LogP contribution in [0.2, 0.25) is 0 Å². The highest BCUT2D eigenvalue weighted by Gasteiger charge is 1.91. The minimum absolute atomic E-state index is 0.0833. The summed E-state index contributed by atoms with van der Waals surface area (Å²) < 4.78 is 0. The van der Waals surface area contributed by atoms with E-state index in [4.69, 9.17) is 16.7 Å². The molecule has 0 fully saturated rings. The van der Waals surface area contributed by atoms with Crippen molar-refractivity contribution in [1.82, 2.24) is 5.32 Å². The van der Waals surface area contributed by atoms with E-state index in [1.165, 1.54) is 19.3 Å². The van der Waals surface area contributed by atoms with Gasteiger partial charge < -0.3 is 10.4 Å². The van der Waals surface area contributed by atoms with Gasteiger partial charge in [0.05, 0.1) is 6.54 Å². The first-order chi connectivity index (χ1) is 7.18. The fourth-order valence-electron chi connectivity index (χ4n) is 0.842. The number of unbranched alkanes of at least 4 members (excludes halogenated alkanes) is 3. The predicted molar refractivity (Wildman–Crippen MR) is 65.7 cm³/mol. The SMILES string of the molecule is CCCCCCl.CCCCNCC(=O)O. The van der Waals surface area contributed by atoms with Gasteiger partial charge in [-0.3, -0.25) is 4.79 Å². The van der Waals surface area contributed by atoms with Gasteiger partial charge in [-0.2, -0.15) is 0 Å². The molecule has 4 heteroatoms. The first-order valence-corrected chi connectivity index (χ1v) is 6.20. The zero-order chi connectivity index (χ0) is 11.9. The van der Waals surface area contributed by atoms with Crippen molar-refractivity contribution in [2.75, 3.05) is 19.0 Å². The second-order valence-corrected chi connectivity index (χ2v) is 3.70. The summed E-state index contributed by atoms with van der Waals surface area (Å²) >= 11 is 5.38. The highest BCUT2D eigenvalue weighted by molar-refractivity contribution is 6.17. The number of halogens is 1. The normalized spacial score (nSPS) is 9.27. The van der Waals surface area contributed by atoms with Crippen LogP contribution in [0.25, 0.3) is 0 Å². The maximum absolute atomic E-state index is 9.90. The Kier molecular flexibility index (Phi) is 18.5. The van der Waals surface area contributed by atoms with Crippen LogP contribution in [0.15, 0.2) is 0 Å². The first-order valence-electron chi connectivity index (χ1n) is 5.67. The monoisotopic (exact) mass is 237 g/mol. The van der Waals surface area contributed by atoms with Crippen LogP contribution in [0.4, 0.5) is 0 Å². The summed E-state index contributed by atoms with van der Waals surface area (Å²) in [5.74, 6) is 0.0412. The van der Waals surface area contributed by atoms with E-state index in [2.05, 4.69) is 19.2 Å². The Labute approximate surface area is 98.2 Å². The van der Waals surface area contributed by atoms with Gasteiger partial charge in [0.2, 0.25) is 0 Å². The van der Waals surface area contributed by atoms with Crippen LogP contribution < -0.4 is 5.32 Å². The standard InChI is InChI=1S/C6H13NO2.C5H11Cl/c1-2-3-4-7-5-6(8)9;1-2-3-4-5-6/h7H,2-5H2,1H3,(H,8,9);2-5H2,1H3. The number of hydrogen-bond donors (Lipinski definition) is 2. The summed E-state index contributed by atoms with van der Waals surface area (Å²) in [6.45, 7) is 5.14. The topological polar surface area (TPSA) is 49.3 Å². The minimum atomic E-state index is -0.786. The Balaban J connectivity index is 0. The van der Waals surface area contributed by atoms with E-state index in [1.807, 2.05) is 0 Å². The van der Waals surface area contributed by atoms with E-state index >= 15 is 0 Å².